The molecule has 2 N–H and O–H groups in total. The highest BCUT2D eigenvalue weighted by molar-refractivity contribution is 5.79. The van der Waals surface area contributed by atoms with Crippen molar-refractivity contribution in [3.63, 3.8) is 0 Å². The number of hydrogen-bond acceptors (Lipinski definition) is 4. The van der Waals surface area contributed by atoms with Crippen molar-refractivity contribution in [3.05, 3.63) is 24.1 Å². The van der Waals surface area contributed by atoms with Gasteiger partial charge in [-0.25, -0.2) is 4.98 Å². The Morgan fingerprint density at radius 2 is 2.11 bits per heavy atom. The molecular weight excluding hydrogens is 240 g/mol. The summed E-state index contributed by atoms with van der Waals surface area (Å²) in [6.07, 6.45) is 6.54. The number of methoxy groups -OCH3 is 1. The molecule has 4 heteroatoms. The van der Waals surface area contributed by atoms with Crippen molar-refractivity contribution in [1.29, 1.82) is 0 Å². The van der Waals surface area contributed by atoms with E-state index in [1.54, 1.807) is 7.11 Å². The molecule has 1 aliphatic rings. The molecule has 0 radical (unpaired) electrons. The van der Waals surface area contributed by atoms with Gasteiger partial charge in [0.25, 0.3) is 0 Å². The van der Waals surface area contributed by atoms with Gasteiger partial charge in [0.05, 0.1) is 7.11 Å². The number of ether oxygens (including phenoxy) is 1. The largest absolute Gasteiger partial charge is 0.494 e. The quantitative estimate of drug-likeness (QED) is 0.921. The molecule has 1 aromatic heterocycles. The number of rotatable bonds is 3. The Kier molecular flexibility index (Phi) is 3.19. The van der Waals surface area contributed by atoms with Gasteiger partial charge in [-0.1, -0.05) is 25.3 Å². The van der Waals surface area contributed by atoms with Gasteiger partial charge in [-0.2, -0.15) is 0 Å². The van der Waals surface area contributed by atoms with Crippen LogP contribution in [0.3, 0.4) is 0 Å². The van der Waals surface area contributed by atoms with Gasteiger partial charge in [0.1, 0.15) is 5.75 Å². The number of nitrogens with zero attached hydrogens (tertiary/aromatic N) is 1. The molecule has 1 aliphatic carbocycles. The zero-order valence-corrected chi connectivity index (χ0v) is 11.3. The second kappa shape index (κ2) is 4.85. The number of hydrogen-bond donors (Lipinski definition) is 1. The molecule has 0 atom stereocenters. The average molecular weight is 260 g/mol. The first-order valence-corrected chi connectivity index (χ1v) is 6.91. The lowest BCUT2D eigenvalue weighted by Crippen LogP contribution is -2.43. The Balaban J connectivity index is 1.89. The minimum atomic E-state index is -0.146. The van der Waals surface area contributed by atoms with Crippen LogP contribution in [0.4, 0.5) is 0 Å². The molecule has 3 rings (SSSR count). The molecule has 19 heavy (non-hydrogen) atoms. The van der Waals surface area contributed by atoms with Gasteiger partial charge >= 0.3 is 0 Å². The Morgan fingerprint density at radius 1 is 1.32 bits per heavy atom. The minimum Gasteiger partial charge on any atom is -0.494 e. The summed E-state index contributed by atoms with van der Waals surface area (Å²) in [4.78, 5) is 4.55. The highest BCUT2D eigenvalue weighted by Gasteiger charge is 2.29. The fourth-order valence-electron chi connectivity index (χ4n) is 2.94. The van der Waals surface area contributed by atoms with E-state index >= 15 is 0 Å². The summed E-state index contributed by atoms with van der Waals surface area (Å²) in [5.41, 5.74) is 7.87. The summed E-state index contributed by atoms with van der Waals surface area (Å²) in [5.74, 6) is 1.48. The van der Waals surface area contributed by atoms with Crippen LogP contribution in [0.25, 0.3) is 11.1 Å². The Morgan fingerprint density at radius 3 is 2.84 bits per heavy atom. The Hall–Kier alpha value is -1.55. The van der Waals surface area contributed by atoms with E-state index in [0.717, 1.165) is 35.6 Å². The third kappa shape index (κ3) is 2.45. The van der Waals surface area contributed by atoms with Gasteiger partial charge in [-0.05, 0) is 25.0 Å². The smallest absolute Gasteiger partial charge is 0.197 e. The van der Waals surface area contributed by atoms with E-state index < -0.39 is 0 Å². The summed E-state index contributed by atoms with van der Waals surface area (Å²) in [5, 5.41) is 0. The third-order valence-corrected chi connectivity index (χ3v) is 4.00. The fourth-order valence-corrected chi connectivity index (χ4v) is 2.94. The molecule has 1 heterocycles. The molecule has 0 amide bonds. The number of aromatic nitrogens is 1. The van der Waals surface area contributed by atoms with Gasteiger partial charge in [-0.15, -0.1) is 0 Å². The second-order valence-electron chi connectivity index (χ2n) is 5.51. The van der Waals surface area contributed by atoms with Crippen molar-refractivity contribution in [1.82, 2.24) is 4.98 Å². The summed E-state index contributed by atoms with van der Waals surface area (Å²) in [6.45, 7) is 0. The first kappa shape index (κ1) is 12.5. The van der Waals surface area contributed by atoms with E-state index in [0.29, 0.717) is 6.42 Å². The number of benzene rings is 1. The lowest BCUT2D eigenvalue weighted by atomic mass is 9.80. The first-order chi connectivity index (χ1) is 9.20. The van der Waals surface area contributed by atoms with Gasteiger partial charge in [0, 0.05) is 12.0 Å². The molecule has 102 valence electrons. The van der Waals surface area contributed by atoms with Crippen LogP contribution in [0.1, 0.15) is 38.0 Å². The monoisotopic (exact) mass is 260 g/mol. The highest BCUT2D eigenvalue weighted by Crippen LogP contribution is 2.31. The van der Waals surface area contributed by atoms with Crippen LogP contribution >= 0.6 is 0 Å². The molecule has 0 spiro atoms. The Bertz CT molecular complexity index is 571. The minimum absolute atomic E-state index is 0.146. The molecular formula is C15H20N2O2. The second-order valence-corrected chi connectivity index (χ2v) is 5.51. The molecule has 1 aromatic carbocycles. The van der Waals surface area contributed by atoms with Crippen molar-refractivity contribution in [2.75, 3.05) is 7.11 Å². The van der Waals surface area contributed by atoms with E-state index in [4.69, 9.17) is 14.9 Å². The van der Waals surface area contributed by atoms with Crippen LogP contribution in [-0.2, 0) is 6.42 Å². The number of fused-ring (bicyclic) bond motifs is 1. The fraction of sp³-hybridized carbons (Fsp3) is 0.533. The maximum Gasteiger partial charge on any atom is 0.197 e. The van der Waals surface area contributed by atoms with Crippen LogP contribution in [0.15, 0.2) is 22.6 Å². The molecule has 0 aliphatic heterocycles. The SMILES string of the molecule is COc1cccc2oc(CC3(N)CCCCC3)nc12. The van der Waals surface area contributed by atoms with Crippen molar-refractivity contribution < 1.29 is 9.15 Å². The Labute approximate surface area is 112 Å². The average Bonchev–Trinajstić information content (AvgIpc) is 2.80. The molecule has 0 saturated heterocycles. The van der Waals surface area contributed by atoms with Gasteiger partial charge in [0.2, 0.25) is 0 Å². The normalized spacial score (nSPS) is 18.6. The number of nitrogens with two attached hydrogens (primary N) is 1. The van der Waals surface area contributed by atoms with E-state index in [1.165, 1.54) is 19.3 Å². The van der Waals surface area contributed by atoms with Crippen LogP contribution in [0.5, 0.6) is 5.75 Å². The molecule has 0 unspecified atom stereocenters. The molecule has 4 nitrogen and oxygen atoms in total. The van der Waals surface area contributed by atoms with Crippen molar-refractivity contribution in [3.8, 4) is 5.75 Å². The van der Waals surface area contributed by atoms with Crippen molar-refractivity contribution in [2.45, 2.75) is 44.1 Å². The first-order valence-electron chi connectivity index (χ1n) is 6.91. The van der Waals surface area contributed by atoms with Crippen molar-refractivity contribution >= 4 is 11.1 Å². The van der Waals surface area contributed by atoms with E-state index in [9.17, 15) is 0 Å². The molecule has 1 fully saturated rings. The molecule has 0 bridgehead atoms. The van der Waals surface area contributed by atoms with Crippen LogP contribution in [-0.4, -0.2) is 17.6 Å². The predicted octanol–water partition coefficient (Wildman–Crippen LogP) is 3.04. The lowest BCUT2D eigenvalue weighted by molar-refractivity contribution is 0.276. The maximum atomic E-state index is 6.45. The van der Waals surface area contributed by atoms with Gasteiger partial charge in [0.15, 0.2) is 17.0 Å². The zero-order chi connectivity index (χ0) is 13.3. The molecule has 1 saturated carbocycles. The summed E-state index contributed by atoms with van der Waals surface area (Å²) < 4.78 is 11.1. The standard InChI is InChI=1S/C15H20N2O2/c1-18-11-6-5-7-12-14(11)17-13(19-12)10-15(16)8-3-2-4-9-15/h5-7H,2-4,8-10,16H2,1H3. The number of para-hydroxylation sites is 1. The van der Waals surface area contributed by atoms with Crippen LogP contribution in [0.2, 0.25) is 0 Å². The van der Waals surface area contributed by atoms with Gasteiger partial charge < -0.3 is 14.9 Å². The lowest BCUT2D eigenvalue weighted by Gasteiger charge is -2.32. The van der Waals surface area contributed by atoms with E-state index in [1.807, 2.05) is 18.2 Å². The molecule has 2 aromatic rings. The van der Waals surface area contributed by atoms with Gasteiger partial charge in [-0.3, -0.25) is 0 Å². The predicted molar refractivity (Wildman–Crippen MR) is 74.3 cm³/mol. The van der Waals surface area contributed by atoms with Crippen molar-refractivity contribution in [2.24, 2.45) is 5.73 Å². The summed E-state index contributed by atoms with van der Waals surface area (Å²) in [6, 6.07) is 5.72. The summed E-state index contributed by atoms with van der Waals surface area (Å²) >= 11 is 0. The van der Waals surface area contributed by atoms with E-state index in [2.05, 4.69) is 4.98 Å². The van der Waals surface area contributed by atoms with E-state index in [-0.39, 0.29) is 5.54 Å². The highest BCUT2D eigenvalue weighted by atomic mass is 16.5. The maximum absolute atomic E-state index is 6.45. The summed E-state index contributed by atoms with van der Waals surface area (Å²) in [7, 11) is 1.65. The van der Waals surface area contributed by atoms with Crippen LogP contribution < -0.4 is 10.5 Å². The zero-order valence-electron chi connectivity index (χ0n) is 11.3. The topological polar surface area (TPSA) is 61.3 Å². The number of oxazole rings is 1. The van der Waals surface area contributed by atoms with Crippen LogP contribution in [0, 0.1) is 0 Å². The third-order valence-electron chi connectivity index (χ3n) is 4.00.